The largest absolute Gasteiger partial charge is 0.338 e. The number of hydrogen-bond donors (Lipinski definition) is 0. The standard InChI is InChI=1S/C12H15BrClNO/c1-3-15(7-6-14)12(16)10-5-4-9(2)8-11(10)13/h4-5,8H,3,6-7H2,1-2H3. The van der Waals surface area contributed by atoms with E-state index in [0.29, 0.717) is 24.5 Å². The Hall–Kier alpha value is -0.540. The van der Waals surface area contributed by atoms with Crippen molar-refractivity contribution >= 4 is 33.4 Å². The molecule has 2 nitrogen and oxygen atoms in total. The van der Waals surface area contributed by atoms with Crippen molar-refractivity contribution in [2.45, 2.75) is 13.8 Å². The third-order valence-corrected chi connectivity index (χ3v) is 3.20. The molecule has 1 rings (SSSR count). The molecule has 0 unspecified atom stereocenters. The van der Waals surface area contributed by atoms with Crippen molar-refractivity contribution in [1.82, 2.24) is 4.90 Å². The lowest BCUT2D eigenvalue weighted by atomic mass is 10.1. The zero-order valence-corrected chi connectivity index (χ0v) is 11.8. The van der Waals surface area contributed by atoms with Gasteiger partial charge in [-0.15, -0.1) is 11.6 Å². The summed E-state index contributed by atoms with van der Waals surface area (Å²) in [6, 6.07) is 5.73. The number of carbonyl (C=O) groups excluding carboxylic acids is 1. The SMILES string of the molecule is CCN(CCCl)C(=O)c1ccc(C)cc1Br. The predicted molar refractivity (Wildman–Crippen MR) is 71.2 cm³/mol. The maximum atomic E-state index is 12.1. The summed E-state index contributed by atoms with van der Waals surface area (Å²) in [6.07, 6.45) is 0. The number of carbonyl (C=O) groups is 1. The Labute approximate surface area is 110 Å². The summed E-state index contributed by atoms with van der Waals surface area (Å²) >= 11 is 9.08. The van der Waals surface area contributed by atoms with Gasteiger partial charge in [-0.25, -0.2) is 0 Å². The molecular formula is C12H15BrClNO. The number of nitrogens with zero attached hydrogens (tertiary/aromatic N) is 1. The summed E-state index contributed by atoms with van der Waals surface area (Å²) in [5.41, 5.74) is 1.82. The molecule has 88 valence electrons. The van der Waals surface area contributed by atoms with Gasteiger partial charge in [-0.05, 0) is 47.5 Å². The fraction of sp³-hybridized carbons (Fsp3) is 0.417. The van der Waals surface area contributed by atoms with Crippen LogP contribution in [0.25, 0.3) is 0 Å². The number of benzene rings is 1. The molecule has 0 radical (unpaired) electrons. The van der Waals surface area contributed by atoms with Crippen LogP contribution in [-0.2, 0) is 0 Å². The molecule has 0 aliphatic heterocycles. The van der Waals surface area contributed by atoms with E-state index in [9.17, 15) is 4.79 Å². The summed E-state index contributed by atoms with van der Waals surface area (Å²) in [4.78, 5) is 13.9. The normalized spacial score (nSPS) is 10.2. The van der Waals surface area contributed by atoms with Crippen LogP contribution in [0.3, 0.4) is 0 Å². The zero-order chi connectivity index (χ0) is 12.1. The first kappa shape index (κ1) is 13.5. The maximum Gasteiger partial charge on any atom is 0.255 e. The van der Waals surface area contributed by atoms with Crippen molar-refractivity contribution in [3.8, 4) is 0 Å². The number of hydrogen-bond acceptors (Lipinski definition) is 1. The molecule has 0 heterocycles. The summed E-state index contributed by atoms with van der Waals surface area (Å²) in [6.45, 7) is 5.20. The Morgan fingerprint density at radius 2 is 2.19 bits per heavy atom. The van der Waals surface area contributed by atoms with Crippen LogP contribution >= 0.6 is 27.5 Å². The monoisotopic (exact) mass is 303 g/mol. The maximum absolute atomic E-state index is 12.1. The van der Waals surface area contributed by atoms with Crippen LogP contribution in [-0.4, -0.2) is 29.8 Å². The molecule has 0 saturated heterocycles. The van der Waals surface area contributed by atoms with E-state index < -0.39 is 0 Å². The summed E-state index contributed by atoms with van der Waals surface area (Å²) in [5, 5.41) is 0. The molecule has 0 aromatic heterocycles. The van der Waals surface area contributed by atoms with Gasteiger partial charge in [0, 0.05) is 23.4 Å². The van der Waals surface area contributed by atoms with E-state index in [1.807, 2.05) is 32.0 Å². The first-order chi connectivity index (χ1) is 7.60. The van der Waals surface area contributed by atoms with Crippen molar-refractivity contribution in [2.75, 3.05) is 19.0 Å². The molecular weight excluding hydrogens is 289 g/mol. The fourth-order valence-corrected chi connectivity index (χ4v) is 2.34. The minimum absolute atomic E-state index is 0.0232. The van der Waals surface area contributed by atoms with Crippen molar-refractivity contribution in [3.05, 3.63) is 33.8 Å². The molecule has 0 fully saturated rings. The third kappa shape index (κ3) is 3.22. The van der Waals surface area contributed by atoms with Crippen LogP contribution in [0.2, 0.25) is 0 Å². The molecule has 1 aromatic carbocycles. The highest BCUT2D eigenvalue weighted by Gasteiger charge is 2.15. The smallest absolute Gasteiger partial charge is 0.255 e. The molecule has 0 N–H and O–H groups in total. The van der Waals surface area contributed by atoms with Crippen molar-refractivity contribution < 1.29 is 4.79 Å². The Bertz CT molecular complexity index is 381. The molecule has 1 aromatic rings. The molecule has 1 amide bonds. The van der Waals surface area contributed by atoms with Gasteiger partial charge in [0.2, 0.25) is 0 Å². The van der Waals surface area contributed by atoms with Crippen LogP contribution in [0.1, 0.15) is 22.8 Å². The summed E-state index contributed by atoms with van der Waals surface area (Å²) < 4.78 is 0.838. The lowest BCUT2D eigenvalue weighted by Crippen LogP contribution is -2.32. The highest BCUT2D eigenvalue weighted by Crippen LogP contribution is 2.20. The van der Waals surface area contributed by atoms with E-state index in [0.717, 1.165) is 10.0 Å². The summed E-state index contributed by atoms with van der Waals surface area (Å²) in [7, 11) is 0. The number of rotatable bonds is 4. The van der Waals surface area contributed by atoms with Crippen LogP contribution in [0, 0.1) is 6.92 Å². The number of amides is 1. The van der Waals surface area contributed by atoms with Gasteiger partial charge >= 0.3 is 0 Å². The second kappa shape index (κ2) is 6.26. The van der Waals surface area contributed by atoms with Crippen molar-refractivity contribution in [3.63, 3.8) is 0 Å². The number of aryl methyl sites for hydroxylation is 1. The molecule has 0 aliphatic rings. The Morgan fingerprint density at radius 1 is 1.50 bits per heavy atom. The van der Waals surface area contributed by atoms with E-state index >= 15 is 0 Å². The van der Waals surface area contributed by atoms with E-state index in [2.05, 4.69) is 15.9 Å². The first-order valence-electron chi connectivity index (χ1n) is 5.21. The third-order valence-electron chi connectivity index (χ3n) is 2.38. The molecule has 0 aliphatic carbocycles. The lowest BCUT2D eigenvalue weighted by Gasteiger charge is -2.20. The van der Waals surface area contributed by atoms with E-state index in [1.54, 1.807) is 4.90 Å². The van der Waals surface area contributed by atoms with Gasteiger partial charge in [-0.1, -0.05) is 6.07 Å². The van der Waals surface area contributed by atoms with Gasteiger partial charge in [0.05, 0.1) is 5.56 Å². The summed E-state index contributed by atoms with van der Waals surface area (Å²) in [5.74, 6) is 0.485. The van der Waals surface area contributed by atoms with E-state index in [-0.39, 0.29) is 5.91 Å². The van der Waals surface area contributed by atoms with Crippen LogP contribution in [0.4, 0.5) is 0 Å². The highest BCUT2D eigenvalue weighted by atomic mass is 79.9. The van der Waals surface area contributed by atoms with E-state index in [1.165, 1.54) is 0 Å². The molecule has 0 atom stereocenters. The van der Waals surface area contributed by atoms with Gasteiger partial charge in [0.25, 0.3) is 5.91 Å². The average Bonchev–Trinajstić information content (AvgIpc) is 2.25. The second-order valence-electron chi connectivity index (χ2n) is 3.56. The lowest BCUT2D eigenvalue weighted by molar-refractivity contribution is 0.0773. The second-order valence-corrected chi connectivity index (χ2v) is 4.79. The van der Waals surface area contributed by atoms with Gasteiger partial charge < -0.3 is 4.90 Å². The Kier molecular flexibility index (Phi) is 5.29. The minimum Gasteiger partial charge on any atom is -0.338 e. The van der Waals surface area contributed by atoms with Gasteiger partial charge in [0.1, 0.15) is 0 Å². The number of alkyl halides is 1. The molecule has 4 heteroatoms. The van der Waals surface area contributed by atoms with Gasteiger partial charge in [-0.3, -0.25) is 4.79 Å². The zero-order valence-electron chi connectivity index (χ0n) is 9.46. The predicted octanol–water partition coefficient (Wildman–Crippen LogP) is 3.46. The average molecular weight is 305 g/mol. The quantitative estimate of drug-likeness (QED) is 0.780. The van der Waals surface area contributed by atoms with Crippen molar-refractivity contribution in [2.24, 2.45) is 0 Å². The van der Waals surface area contributed by atoms with Crippen LogP contribution in [0.5, 0.6) is 0 Å². The molecule has 0 spiro atoms. The first-order valence-corrected chi connectivity index (χ1v) is 6.54. The molecule has 16 heavy (non-hydrogen) atoms. The van der Waals surface area contributed by atoms with E-state index in [4.69, 9.17) is 11.6 Å². The van der Waals surface area contributed by atoms with Crippen LogP contribution < -0.4 is 0 Å². The topological polar surface area (TPSA) is 20.3 Å². The molecule has 0 saturated carbocycles. The highest BCUT2D eigenvalue weighted by molar-refractivity contribution is 9.10. The Balaban J connectivity index is 2.94. The number of halogens is 2. The van der Waals surface area contributed by atoms with Crippen LogP contribution in [0.15, 0.2) is 22.7 Å². The van der Waals surface area contributed by atoms with Gasteiger partial charge in [0.15, 0.2) is 0 Å². The van der Waals surface area contributed by atoms with Gasteiger partial charge in [-0.2, -0.15) is 0 Å². The minimum atomic E-state index is 0.0232. The molecule has 0 bridgehead atoms. The van der Waals surface area contributed by atoms with Crippen molar-refractivity contribution in [1.29, 1.82) is 0 Å². The fourth-order valence-electron chi connectivity index (χ4n) is 1.47. The Morgan fingerprint density at radius 3 is 2.69 bits per heavy atom.